The summed E-state index contributed by atoms with van der Waals surface area (Å²) in [4.78, 5) is 11.2. The van der Waals surface area contributed by atoms with Crippen LogP contribution in [0.4, 0.5) is 0 Å². The number of nitrogens with zero attached hydrogens (tertiary/aromatic N) is 3. The molecule has 0 aliphatic heterocycles. The minimum absolute atomic E-state index is 0.293. The number of benzene rings is 1. The van der Waals surface area contributed by atoms with Gasteiger partial charge in [0, 0.05) is 31.4 Å². The first-order chi connectivity index (χ1) is 11.9. The summed E-state index contributed by atoms with van der Waals surface area (Å²) in [5.41, 5.74) is 5.62. The van der Waals surface area contributed by atoms with Crippen molar-refractivity contribution in [2.24, 2.45) is 0 Å². The molecule has 0 amide bonds. The fraction of sp³-hybridized carbons (Fsp3) is 0.300. The number of carbonyl (C=O) groups excluding carboxylic acids is 1. The Morgan fingerprint density at radius 3 is 2.28 bits per heavy atom. The van der Waals surface area contributed by atoms with Gasteiger partial charge in [-0.1, -0.05) is 24.3 Å². The molecule has 0 N–H and O–H groups in total. The summed E-state index contributed by atoms with van der Waals surface area (Å²) in [7, 11) is 0. The summed E-state index contributed by atoms with van der Waals surface area (Å²) >= 11 is 0. The molecule has 2 aromatic heterocycles. The van der Waals surface area contributed by atoms with E-state index in [1.54, 1.807) is 0 Å². The molecule has 2 heterocycles. The minimum Gasteiger partial charge on any atom is -0.425 e. The van der Waals surface area contributed by atoms with Gasteiger partial charge in [-0.2, -0.15) is 5.10 Å². The third-order valence-corrected chi connectivity index (χ3v) is 4.25. The van der Waals surface area contributed by atoms with Crippen LogP contribution in [0, 0.1) is 20.8 Å². The number of aromatic nitrogens is 3. The quantitative estimate of drug-likeness (QED) is 0.668. The van der Waals surface area contributed by atoms with Gasteiger partial charge in [0.05, 0.1) is 18.4 Å². The number of hydrogen-bond donors (Lipinski definition) is 0. The van der Waals surface area contributed by atoms with E-state index in [9.17, 15) is 4.79 Å². The van der Waals surface area contributed by atoms with Crippen LogP contribution in [-0.2, 0) is 17.9 Å². The first kappa shape index (κ1) is 17.0. The summed E-state index contributed by atoms with van der Waals surface area (Å²) in [5, 5.41) is 4.32. The number of carbonyl (C=O) groups is 1. The van der Waals surface area contributed by atoms with E-state index in [-0.39, 0.29) is 5.97 Å². The van der Waals surface area contributed by atoms with Gasteiger partial charge < -0.3 is 9.30 Å². The lowest BCUT2D eigenvalue weighted by Crippen LogP contribution is -2.06. The maximum absolute atomic E-state index is 11.2. The third kappa shape index (κ3) is 3.99. The van der Waals surface area contributed by atoms with E-state index in [0.717, 1.165) is 24.5 Å². The van der Waals surface area contributed by atoms with Crippen LogP contribution in [0.1, 0.15) is 35.0 Å². The number of ether oxygens (including phenoxy) is 1. The molecule has 0 unspecified atom stereocenters. The van der Waals surface area contributed by atoms with Gasteiger partial charge in [-0.25, -0.2) is 0 Å². The molecule has 25 heavy (non-hydrogen) atoms. The zero-order chi connectivity index (χ0) is 18.0. The number of rotatable bonds is 5. The van der Waals surface area contributed by atoms with Gasteiger partial charge in [-0.15, -0.1) is 0 Å². The van der Waals surface area contributed by atoms with Crippen LogP contribution >= 0.6 is 0 Å². The molecular weight excluding hydrogens is 314 g/mol. The van der Waals surface area contributed by atoms with E-state index in [0.29, 0.717) is 5.75 Å². The molecule has 0 fully saturated rings. The number of esters is 1. The monoisotopic (exact) mass is 337 g/mol. The lowest BCUT2D eigenvalue weighted by atomic mass is 10.1. The second-order valence-electron chi connectivity index (χ2n) is 6.45. The Kier molecular flexibility index (Phi) is 4.74. The maximum Gasteiger partial charge on any atom is 0.308 e. The van der Waals surface area contributed by atoms with Gasteiger partial charge >= 0.3 is 5.97 Å². The zero-order valence-electron chi connectivity index (χ0n) is 15.1. The third-order valence-electron chi connectivity index (χ3n) is 4.25. The molecule has 0 bridgehead atoms. The average Bonchev–Trinajstić information content (AvgIpc) is 3.07. The molecule has 130 valence electrons. The normalized spacial score (nSPS) is 10.9. The molecule has 0 saturated carbocycles. The molecule has 0 spiro atoms. The van der Waals surface area contributed by atoms with Gasteiger partial charge in [0.2, 0.25) is 0 Å². The Balaban J connectivity index is 1.73. The van der Waals surface area contributed by atoms with Crippen LogP contribution in [-0.4, -0.2) is 20.3 Å². The highest BCUT2D eigenvalue weighted by atomic mass is 16.5. The SMILES string of the molecule is CC(=O)Oc1cc(C)n(Cc2ccc(Cn3cc(C)cn3)cc2)c1C. The molecular formula is C20H23N3O2. The molecule has 0 atom stereocenters. The summed E-state index contributed by atoms with van der Waals surface area (Å²) in [6.07, 6.45) is 3.91. The van der Waals surface area contributed by atoms with Crippen molar-refractivity contribution in [3.05, 3.63) is 70.8 Å². The highest BCUT2D eigenvalue weighted by Gasteiger charge is 2.12. The smallest absolute Gasteiger partial charge is 0.308 e. The van der Waals surface area contributed by atoms with Gasteiger partial charge in [0.1, 0.15) is 0 Å². The predicted molar refractivity (Wildman–Crippen MR) is 96.8 cm³/mol. The Morgan fingerprint density at radius 1 is 1.08 bits per heavy atom. The first-order valence-corrected chi connectivity index (χ1v) is 8.34. The summed E-state index contributed by atoms with van der Waals surface area (Å²) in [5.74, 6) is 0.342. The Labute approximate surface area is 147 Å². The molecule has 3 aromatic rings. The second-order valence-corrected chi connectivity index (χ2v) is 6.45. The van der Waals surface area contributed by atoms with E-state index in [4.69, 9.17) is 4.74 Å². The Morgan fingerprint density at radius 2 is 1.72 bits per heavy atom. The fourth-order valence-corrected chi connectivity index (χ4v) is 2.94. The lowest BCUT2D eigenvalue weighted by molar-refractivity contribution is -0.131. The standard InChI is InChI=1S/C20H23N3O2/c1-14-10-21-22(11-14)12-18-5-7-19(8-6-18)13-23-15(2)9-20(16(23)3)25-17(4)24/h5-11H,12-13H2,1-4H3. The van der Waals surface area contributed by atoms with Crippen LogP contribution < -0.4 is 4.74 Å². The van der Waals surface area contributed by atoms with Crippen molar-refractivity contribution in [1.29, 1.82) is 0 Å². The molecule has 5 nitrogen and oxygen atoms in total. The molecule has 3 rings (SSSR count). The van der Waals surface area contributed by atoms with Crippen molar-refractivity contribution < 1.29 is 9.53 Å². The minimum atomic E-state index is -0.293. The van der Waals surface area contributed by atoms with Crippen LogP contribution in [0.5, 0.6) is 5.75 Å². The molecule has 0 aliphatic rings. The average molecular weight is 337 g/mol. The molecule has 0 aliphatic carbocycles. The first-order valence-electron chi connectivity index (χ1n) is 8.34. The molecule has 0 saturated heterocycles. The van der Waals surface area contributed by atoms with E-state index in [2.05, 4.69) is 33.9 Å². The van der Waals surface area contributed by atoms with Crippen molar-refractivity contribution in [1.82, 2.24) is 14.3 Å². The van der Waals surface area contributed by atoms with Crippen molar-refractivity contribution in [3.8, 4) is 5.75 Å². The van der Waals surface area contributed by atoms with Crippen LogP contribution in [0.25, 0.3) is 0 Å². The molecule has 0 radical (unpaired) electrons. The van der Waals surface area contributed by atoms with Crippen molar-refractivity contribution in [2.45, 2.75) is 40.8 Å². The van der Waals surface area contributed by atoms with Crippen molar-refractivity contribution in [2.75, 3.05) is 0 Å². The lowest BCUT2D eigenvalue weighted by Gasteiger charge is -2.11. The number of aryl methyl sites for hydroxylation is 2. The largest absolute Gasteiger partial charge is 0.425 e. The van der Waals surface area contributed by atoms with Crippen LogP contribution in [0.2, 0.25) is 0 Å². The maximum atomic E-state index is 11.2. The highest BCUT2D eigenvalue weighted by Crippen LogP contribution is 2.24. The molecule has 5 heteroatoms. The van der Waals surface area contributed by atoms with E-state index < -0.39 is 0 Å². The van der Waals surface area contributed by atoms with Crippen LogP contribution in [0.3, 0.4) is 0 Å². The van der Waals surface area contributed by atoms with Gasteiger partial charge in [0.25, 0.3) is 0 Å². The highest BCUT2D eigenvalue weighted by molar-refractivity contribution is 5.69. The van der Waals surface area contributed by atoms with Crippen LogP contribution in [0.15, 0.2) is 42.7 Å². The van der Waals surface area contributed by atoms with Crippen molar-refractivity contribution >= 4 is 5.97 Å². The number of hydrogen-bond acceptors (Lipinski definition) is 3. The fourth-order valence-electron chi connectivity index (χ4n) is 2.94. The van der Waals surface area contributed by atoms with E-state index in [1.165, 1.54) is 23.6 Å². The summed E-state index contributed by atoms with van der Waals surface area (Å²) in [6, 6.07) is 10.4. The topological polar surface area (TPSA) is 49.0 Å². The zero-order valence-corrected chi connectivity index (χ0v) is 15.1. The Hall–Kier alpha value is -2.82. The van der Waals surface area contributed by atoms with Gasteiger partial charge in [0.15, 0.2) is 5.75 Å². The van der Waals surface area contributed by atoms with Gasteiger partial charge in [-0.3, -0.25) is 9.48 Å². The van der Waals surface area contributed by atoms with Gasteiger partial charge in [-0.05, 0) is 37.5 Å². The van der Waals surface area contributed by atoms with E-state index in [1.807, 2.05) is 43.9 Å². The van der Waals surface area contributed by atoms with Crippen molar-refractivity contribution in [3.63, 3.8) is 0 Å². The summed E-state index contributed by atoms with van der Waals surface area (Å²) in [6.45, 7) is 8.98. The molecule has 1 aromatic carbocycles. The predicted octanol–water partition coefficient (Wildman–Crippen LogP) is 3.63. The second kappa shape index (κ2) is 6.97. The Bertz CT molecular complexity index is 888. The summed E-state index contributed by atoms with van der Waals surface area (Å²) < 4.78 is 9.36. The van der Waals surface area contributed by atoms with E-state index >= 15 is 0 Å².